The van der Waals surface area contributed by atoms with Crippen LogP contribution in [0.1, 0.15) is 6.92 Å². The van der Waals surface area contributed by atoms with E-state index in [1.807, 2.05) is 0 Å². The molecule has 0 aromatic carbocycles. The molecular formula is C4H6F2. The predicted molar refractivity (Wildman–Crippen MR) is 20.8 cm³/mol. The van der Waals surface area contributed by atoms with E-state index in [4.69, 9.17) is 0 Å². The summed E-state index contributed by atoms with van der Waals surface area (Å²) < 4.78 is 22.3. The molecule has 0 heterocycles. The van der Waals surface area contributed by atoms with Crippen LogP contribution in [-0.4, -0.2) is 6.67 Å². The van der Waals surface area contributed by atoms with E-state index >= 15 is 0 Å². The molecular weight excluding hydrogens is 86.0 g/mol. The van der Waals surface area contributed by atoms with Crippen molar-refractivity contribution in [3.63, 3.8) is 0 Å². The van der Waals surface area contributed by atoms with Crippen LogP contribution in [0.15, 0.2) is 11.9 Å². The Morgan fingerprint density at radius 3 is 2.33 bits per heavy atom. The smallest absolute Gasteiger partial charge is 0.141 e. The van der Waals surface area contributed by atoms with Crippen molar-refractivity contribution in [1.29, 1.82) is 0 Å². The van der Waals surface area contributed by atoms with E-state index in [1.54, 1.807) is 0 Å². The van der Waals surface area contributed by atoms with Crippen LogP contribution in [0.4, 0.5) is 8.78 Å². The minimum atomic E-state index is -0.976. The monoisotopic (exact) mass is 92.0 g/mol. The molecule has 0 aromatic rings. The molecule has 0 aliphatic carbocycles. The van der Waals surface area contributed by atoms with Gasteiger partial charge in [0.05, 0.1) is 0 Å². The van der Waals surface area contributed by atoms with Crippen molar-refractivity contribution in [2.75, 3.05) is 6.67 Å². The lowest BCUT2D eigenvalue weighted by Crippen LogP contribution is -1.69. The lowest BCUT2D eigenvalue weighted by atomic mass is 10.5. The average molecular weight is 92.1 g/mol. The normalized spacial score (nSPS) is 12.2. The van der Waals surface area contributed by atoms with Gasteiger partial charge < -0.3 is 0 Å². The van der Waals surface area contributed by atoms with E-state index in [1.165, 1.54) is 6.92 Å². The Balaban J connectivity index is 3.22. The highest BCUT2D eigenvalue weighted by Gasteiger charge is 1.83. The number of hydrogen-bond donors (Lipinski definition) is 0. The molecule has 0 unspecified atom stereocenters. The fourth-order valence-electron chi connectivity index (χ4n) is 0.0772. The van der Waals surface area contributed by atoms with Gasteiger partial charge in [-0.1, -0.05) is 6.08 Å². The summed E-state index contributed by atoms with van der Waals surface area (Å²) in [6.07, 6.45) is 1.10. The highest BCUT2D eigenvalue weighted by Crippen LogP contribution is 1.92. The Hall–Kier alpha value is -0.400. The zero-order valence-electron chi connectivity index (χ0n) is 3.54. The van der Waals surface area contributed by atoms with E-state index in [9.17, 15) is 8.78 Å². The highest BCUT2D eigenvalue weighted by molar-refractivity contribution is 4.86. The summed E-state index contributed by atoms with van der Waals surface area (Å²) in [4.78, 5) is 0. The van der Waals surface area contributed by atoms with Crippen LogP contribution in [0.3, 0.4) is 0 Å². The van der Waals surface area contributed by atoms with Gasteiger partial charge in [0.15, 0.2) is 0 Å². The Kier molecular flexibility index (Phi) is 2.63. The molecule has 0 bridgehead atoms. The van der Waals surface area contributed by atoms with Crippen molar-refractivity contribution in [2.24, 2.45) is 0 Å². The van der Waals surface area contributed by atoms with Crippen LogP contribution in [0, 0.1) is 0 Å². The Morgan fingerprint density at radius 2 is 2.33 bits per heavy atom. The zero-order chi connectivity index (χ0) is 4.99. The van der Waals surface area contributed by atoms with Crippen LogP contribution in [0.5, 0.6) is 0 Å². The van der Waals surface area contributed by atoms with E-state index in [2.05, 4.69) is 0 Å². The van der Waals surface area contributed by atoms with Gasteiger partial charge in [-0.3, -0.25) is 0 Å². The number of halogens is 2. The van der Waals surface area contributed by atoms with Gasteiger partial charge in [-0.15, -0.1) is 0 Å². The lowest BCUT2D eigenvalue weighted by Gasteiger charge is -1.76. The van der Waals surface area contributed by atoms with E-state index in [0.29, 0.717) is 0 Å². The average Bonchev–Trinajstić information content (AvgIpc) is 1.65. The highest BCUT2D eigenvalue weighted by atomic mass is 19.2. The first kappa shape index (κ1) is 5.60. The lowest BCUT2D eigenvalue weighted by molar-refractivity contribution is 0.458. The second-order valence-corrected chi connectivity index (χ2v) is 0.869. The molecule has 0 saturated heterocycles. The van der Waals surface area contributed by atoms with Gasteiger partial charge in [0.25, 0.3) is 0 Å². The summed E-state index contributed by atoms with van der Waals surface area (Å²) in [5, 5.41) is 0. The summed E-state index contributed by atoms with van der Waals surface area (Å²) in [5.41, 5.74) is 0. The first-order valence-electron chi connectivity index (χ1n) is 1.68. The summed E-state index contributed by atoms with van der Waals surface area (Å²) >= 11 is 0. The quantitative estimate of drug-likeness (QED) is 0.463. The molecule has 0 nitrogen and oxygen atoms in total. The topological polar surface area (TPSA) is 0 Å². The predicted octanol–water partition coefficient (Wildman–Crippen LogP) is 1.83. The SMILES string of the molecule is CC=C(F)CF. The summed E-state index contributed by atoms with van der Waals surface area (Å²) in [7, 11) is 0. The maximum Gasteiger partial charge on any atom is 0.141 e. The maximum absolute atomic E-state index is 11.3. The molecule has 36 valence electrons. The van der Waals surface area contributed by atoms with Gasteiger partial charge in [-0.25, -0.2) is 8.78 Å². The molecule has 0 saturated carbocycles. The Labute approximate surface area is 35.5 Å². The van der Waals surface area contributed by atoms with Crippen molar-refractivity contribution >= 4 is 0 Å². The summed E-state index contributed by atoms with van der Waals surface area (Å²) in [6.45, 7) is 0.478. The zero-order valence-corrected chi connectivity index (χ0v) is 3.54. The van der Waals surface area contributed by atoms with E-state index in [0.717, 1.165) is 6.08 Å². The summed E-state index contributed by atoms with van der Waals surface area (Å²) in [5.74, 6) is -0.699. The second kappa shape index (κ2) is 2.82. The molecule has 0 aliphatic heterocycles. The molecule has 0 radical (unpaired) electrons. The number of rotatable bonds is 1. The second-order valence-electron chi connectivity index (χ2n) is 0.869. The molecule has 0 N–H and O–H groups in total. The van der Waals surface area contributed by atoms with Gasteiger partial charge in [0.1, 0.15) is 12.5 Å². The van der Waals surface area contributed by atoms with Gasteiger partial charge in [-0.05, 0) is 6.92 Å². The molecule has 0 fully saturated rings. The molecule has 6 heavy (non-hydrogen) atoms. The van der Waals surface area contributed by atoms with Gasteiger partial charge in [-0.2, -0.15) is 0 Å². The fourth-order valence-corrected chi connectivity index (χ4v) is 0.0772. The third kappa shape index (κ3) is 1.88. The Morgan fingerprint density at radius 1 is 1.83 bits per heavy atom. The number of alkyl halides is 1. The molecule has 0 rings (SSSR count). The van der Waals surface area contributed by atoms with Crippen LogP contribution in [0.25, 0.3) is 0 Å². The third-order valence-corrected chi connectivity index (χ3v) is 0.441. The van der Waals surface area contributed by atoms with Crippen LogP contribution < -0.4 is 0 Å². The first-order chi connectivity index (χ1) is 2.81. The molecule has 0 amide bonds. The van der Waals surface area contributed by atoms with Crippen molar-refractivity contribution in [3.05, 3.63) is 11.9 Å². The molecule has 2 heteroatoms. The van der Waals surface area contributed by atoms with Crippen molar-refractivity contribution in [3.8, 4) is 0 Å². The number of hydrogen-bond acceptors (Lipinski definition) is 0. The van der Waals surface area contributed by atoms with Gasteiger partial charge in [0, 0.05) is 0 Å². The first-order valence-corrected chi connectivity index (χ1v) is 1.68. The van der Waals surface area contributed by atoms with Gasteiger partial charge in [0.2, 0.25) is 0 Å². The summed E-state index contributed by atoms with van der Waals surface area (Å²) in [6, 6.07) is 0. The molecule has 0 spiro atoms. The largest absolute Gasteiger partial charge is 0.243 e. The van der Waals surface area contributed by atoms with Crippen molar-refractivity contribution in [2.45, 2.75) is 6.92 Å². The molecule has 0 aliphatic rings. The van der Waals surface area contributed by atoms with Crippen LogP contribution in [-0.2, 0) is 0 Å². The minimum absolute atomic E-state index is 0.699. The van der Waals surface area contributed by atoms with Gasteiger partial charge >= 0.3 is 0 Å². The third-order valence-electron chi connectivity index (χ3n) is 0.441. The van der Waals surface area contributed by atoms with Crippen molar-refractivity contribution in [1.82, 2.24) is 0 Å². The number of allylic oxidation sites excluding steroid dienone is 2. The standard InChI is InChI=1S/C4H6F2/c1-2-4(6)3-5/h2H,3H2,1H3. The minimum Gasteiger partial charge on any atom is -0.243 e. The van der Waals surface area contributed by atoms with E-state index < -0.39 is 12.5 Å². The van der Waals surface area contributed by atoms with Crippen LogP contribution >= 0.6 is 0 Å². The Bertz CT molecular complexity index is 56.6. The van der Waals surface area contributed by atoms with Crippen LogP contribution in [0.2, 0.25) is 0 Å². The molecule has 0 atom stereocenters. The fraction of sp³-hybridized carbons (Fsp3) is 0.500. The van der Waals surface area contributed by atoms with E-state index in [-0.39, 0.29) is 0 Å². The molecule has 0 aromatic heterocycles. The van der Waals surface area contributed by atoms with Crippen molar-refractivity contribution < 1.29 is 8.78 Å². The maximum atomic E-state index is 11.3.